The van der Waals surface area contributed by atoms with Crippen LogP contribution >= 0.6 is 11.6 Å². The number of benzene rings is 1. The Balaban J connectivity index is 2.41. The summed E-state index contributed by atoms with van der Waals surface area (Å²) in [5, 5.41) is 0.735. The van der Waals surface area contributed by atoms with E-state index < -0.39 is 0 Å². The third-order valence-corrected chi connectivity index (χ3v) is 2.81. The van der Waals surface area contributed by atoms with Crippen molar-refractivity contribution in [3.8, 4) is 11.3 Å². The lowest BCUT2D eigenvalue weighted by atomic mass is 10.1. The Labute approximate surface area is 100 Å². The number of halogens is 1. The zero-order valence-electron chi connectivity index (χ0n) is 9.07. The van der Waals surface area contributed by atoms with Gasteiger partial charge in [0.05, 0.1) is 5.69 Å². The number of rotatable bonds is 2. The molecule has 1 aromatic heterocycles. The van der Waals surface area contributed by atoms with Gasteiger partial charge in [-0.1, -0.05) is 29.8 Å². The van der Waals surface area contributed by atoms with E-state index in [1.165, 1.54) is 0 Å². The summed E-state index contributed by atoms with van der Waals surface area (Å²) in [7, 11) is 0. The van der Waals surface area contributed by atoms with Crippen molar-refractivity contribution < 1.29 is 0 Å². The molecule has 16 heavy (non-hydrogen) atoms. The van der Waals surface area contributed by atoms with Crippen LogP contribution in [-0.2, 0) is 6.54 Å². The van der Waals surface area contributed by atoms with E-state index in [0.717, 1.165) is 27.5 Å². The van der Waals surface area contributed by atoms with Gasteiger partial charge in [0.2, 0.25) is 0 Å². The molecule has 0 aliphatic carbocycles. The lowest BCUT2D eigenvalue weighted by molar-refractivity contribution is 1.01. The first-order valence-corrected chi connectivity index (χ1v) is 5.51. The van der Waals surface area contributed by atoms with E-state index in [1.807, 2.05) is 43.3 Å². The zero-order valence-corrected chi connectivity index (χ0v) is 9.83. The molecule has 2 nitrogen and oxygen atoms in total. The van der Waals surface area contributed by atoms with Crippen molar-refractivity contribution in [1.82, 2.24) is 4.98 Å². The molecule has 1 aromatic carbocycles. The fraction of sp³-hybridized carbons (Fsp3) is 0.154. The van der Waals surface area contributed by atoms with Crippen molar-refractivity contribution >= 4 is 11.6 Å². The van der Waals surface area contributed by atoms with E-state index in [1.54, 1.807) is 0 Å². The maximum Gasteiger partial charge on any atom is 0.0705 e. The van der Waals surface area contributed by atoms with E-state index in [2.05, 4.69) is 4.98 Å². The fourth-order valence-corrected chi connectivity index (χ4v) is 1.71. The first-order chi connectivity index (χ1) is 7.70. The number of nitrogens with zero attached hydrogens (tertiary/aromatic N) is 1. The van der Waals surface area contributed by atoms with Crippen LogP contribution < -0.4 is 5.73 Å². The number of hydrogen-bond acceptors (Lipinski definition) is 2. The summed E-state index contributed by atoms with van der Waals surface area (Å²) >= 11 is 5.84. The molecule has 82 valence electrons. The Hall–Kier alpha value is -1.38. The van der Waals surface area contributed by atoms with Crippen LogP contribution in [0.5, 0.6) is 0 Å². The van der Waals surface area contributed by atoms with Crippen LogP contribution in [0, 0.1) is 6.92 Å². The predicted octanol–water partition coefficient (Wildman–Crippen LogP) is 3.17. The standard InChI is InChI=1S/C13H13ClN2/c1-9-11(8-15)4-7-13(16-9)10-2-5-12(14)6-3-10/h2-7H,8,15H2,1H3. The molecule has 0 atom stereocenters. The van der Waals surface area contributed by atoms with Crippen molar-refractivity contribution in [3.05, 3.63) is 52.7 Å². The molecule has 2 N–H and O–H groups in total. The first-order valence-electron chi connectivity index (χ1n) is 5.13. The van der Waals surface area contributed by atoms with Crippen molar-refractivity contribution in [3.63, 3.8) is 0 Å². The van der Waals surface area contributed by atoms with Crippen LogP contribution in [0.2, 0.25) is 5.02 Å². The molecule has 0 radical (unpaired) electrons. The minimum atomic E-state index is 0.528. The van der Waals surface area contributed by atoms with Crippen LogP contribution in [0.15, 0.2) is 36.4 Å². The normalized spacial score (nSPS) is 10.4. The second-order valence-corrected chi connectivity index (χ2v) is 4.09. The monoisotopic (exact) mass is 232 g/mol. The predicted molar refractivity (Wildman–Crippen MR) is 67.3 cm³/mol. The molecule has 2 rings (SSSR count). The molecule has 3 heteroatoms. The molecular weight excluding hydrogens is 220 g/mol. The largest absolute Gasteiger partial charge is 0.326 e. The highest BCUT2D eigenvalue weighted by molar-refractivity contribution is 6.30. The maximum absolute atomic E-state index is 5.84. The average molecular weight is 233 g/mol. The summed E-state index contributed by atoms with van der Waals surface area (Å²) in [4.78, 5) is 4.52. The van der Waals surface area contributed by atoms with Crippen LogP contribution in [0.1, 0.15) is 11.3 Å². The van der Waals surface area contributed by atoms with Gasteiger partial charge in [-0.25, -0.2) is 0 Å². The quantitative estimate of drug-likeness (QED) is 0.864. The van der Waals surface area contributed by atoms with Crippen molar-refractivity contribution in [2.45, 2.75) is 13.5 Å². The van der Waals surface area contributed by atoms with Gasteiger partial charge in [0.15, 0.2) is 0 Å². The SMILES string of the molecule is Cc1nc(-c2ccc(Cl)cc2)ccc1CN. The summed E-state index contributed by atoms with van der Waals surface area (Å²) in [5.74, 6) is 0. The van der Waals surface area contributed by atoms with Gasteiger partial charge in [-0.2, -0.15) is 0 Å². The second kappa shape index (κ2) is 4.64. The molecule has 0 saturated carbocycles. The van der Waals surface area contributed by atoms with Gasteiger partial charge in [0.1, 0.15) is 0 Å². The van der Waals surface area contributed by atoms with Gasteiger partial charge in [-0.05, 0) is 30.7 Å². The summed E-state index contributed by atoms with van der Waals surface area (Å²) in [6.45, 7) is 2.50. The van der Waals surface area contributed by atoms with Gasteiger partial charge >= 0.3 is 0 Å². The minimum Gasteiger partial charge on any atom is -0.326 e. The Morgan fingerprint density at radius 3 is 2.38 bits per heavy atom. The molecule has 0 saturated heterocycles. The number of aromatic nitrogens is 1. The Morgan fingerprint density at radius 1 is 1.12 bits per heavy atom. The number of aryl methyl sites for hydroxylation is 1. The molecule has 0 bridgehead atoms. The smallest absolute Gasteiger partial charge is 0.0705 e. The Morgan fingerprint density at radius 2 is 1.81 bits per heavy atom. The molecule has 0 aliphatic heterocycles. The van der Waals surface area contributed by atoms with Crippen LogP contribution in [0.25, 0.3) is 11.3 Å². The summed E-state index contributed by atoms with van der Waals surface area (Å²) in [6, 6.07) is 11.7. The summed E-state index contributed by atoms with van der Waals surface area (Å²) in [6.07, 6.45) is 0. The van der Waals surface area contributed by atoms with E-state index in [4.69, 9.17) is 17.3 Å². The maximum atomic E-state index is 5.84. The topological polar surface area (TPSA) is 38.9 Å². The lowest BCUT2D eigenvalue weighted by Crippen LogP contribution is -2.01. The summed E-state index contributed by atoms with van der Waals surface area (Å²) < 4.78 is 0. The average Bonchev–Trinajstić information content (AvgIpc) is 2.30. The Kier molecular flexibility index (Phi) is 3.22. The molecular formula is C13H13ClN2. The molecule has 0 aliphatic rings. The van der Waals surface area contributed by atoms with E-state index in [9.17, 15) is 0 Å². The van der Waals surface area contributed by atoms with Gasteiger partial charge in [-0.3, -0.25) is 4.98 Å². The van der Waals surface area contributed by atoms with Crippen molar-refractivity contribution in [2.24, 2.45) is 5.73 Å². The first kappa shape index (κ1) is 11.1. The van der Waals surface area contributed by atoms with E-state index >= 15 is 0 Å². The molecule has 0 amide bonds. The molecule has 0 unspecified atom stereocenters. The van der Waals surface area contributed by atoms with Crippen molar-refractivity contribution in [2.75, 3.05) is 0 Å². The molecule has 0 fully saturated rings. The van der Waals surface area contributed by atoms with E-state index in [-0.39, 0.29) is 0 Å². The van der Waals surface area contributed by atoms with Gasteiger partial charge < -0.3 is 5.73 Å². The third-order valence-electron chi connectivity index (χ3n) is 2.56. The zero-order chi connectivity index (χ0) is 11.5. The van der Waals surface area contributed by atoms with Gasteiger partial charge in [0.25, 0.3) is 0 Å². The molecule has 1 heterocycles. The second-order valence-electron chi connectivity index (χ2n) is 3.65. The summed E-state index contributed by atoms with van der Waals surface area (Å²) in [5.41, 5.74) is 9.68. The van der Waals surface area contributed by atoms with E-state index in [0.29, 0.717) is 6.54 Å². The van der Waals surface area contributed by atoms with Gasteiger partial charge in [-0.15, -0.1) is 0 Å². The molecule has 2 aromatic rings. The number of pyridine rings is 1. The highest BCUT2D eigenvalue weighted by atomic mass is 35.5. The Bertz CT molecular complexity index is 492. The number of nitrogens with two attached hydrogens (primary N) is 1. The number of hydrogen-bond donors (Lipinski definition) is 1. The lowest BCUT2D eigenvalue weighted by Gasteiger charge is -2.06. The fourth-order valence-electron chi connectivity index (χ4n) is 1.59. The van der Waals surface area contributed by atoms with Gasteiger partial charge in [0, 0.05) is 22.8 Å². The van der Waals surface area contributed by atoms with Crippen LogP contribution in [-0.4, -0.2) is 4.98 Å². The third kappa shape index (κ3) is 2.23. The van der Waals surface area contributed by atoms with Crippen molar-refractivity contribution in [1.29, 1.82) is 0 Å². The minimum absolute atomic E-state index is 0.528. The molecule has 0 spiro atoms. The van der Waals surface area contributed by atoms with Crippen LogP contribution in [0.3, 0.4) is 0 Å². The highest BCUT2D eigenvalue weighted by Crippen LogP contribution is 2.20. The highest BCUT2D eigenvalue weighted by Gasteiger charge is 2.02. The van der Waals surface area contributed by atoms with Crippen LogP contribution in [0.4, 0.5) is 0 Å².